The van der Waals surface area contributed by atoms with Crippen molar-refractivity contribution in [2.75, 3.05) is 0 Å². The molecule has 13 heavy (non-hydrogen) atoms. The van der Waals surface area contributed by atoms with Crippen LogP contribution < -0.4 is 5.73 Å². The molecule has 0 aliphatic carbocycles. The number of hydrogen-bond acceptors (Lipinski definition) is 1. The second-order valence-electron chi connectivity index (χ2n) is 4.04. The third-order valence-electron chi connectivity index (χ3n) is 2.49. The normalized spacial score (nSPS) is 13.0. The first-order valence-corrected chi connectivity index (χ1v) is 4.83. The van der Waals surface area contributed by atoms with Crippen molar-refractivity contribution in [3.05, 3.63) is 34.4 Å². The molecule has 0 spiro atoms. The van der Waals surface area contributed by atoms with Gasteiger partial charge < -0.3 is 5.73 Å². The van der Waals surface area contributed by atoms with Crippen molar-refractivity contribution in [1.29, 1.82) is 0 Å². The number of hydrogen-bond donors (Lipinski definition) is 1. The van der Waals surface area contributed by atoms with Gasteiger partial charge in [0.2, 0.25) is 0 Å². The van der Waals surface area contributed by atoms with Crippen molar-refractivity contribution in [3.8, 4) is 0 Å². The van der Waals surface area contributed by atoms with Crippen LogP contribution in [0.5, 0.6) is 0 Å². The predicted molar refractivity (Wildman–Crippen MR) is 58.0 cm³/mol. The zero-order valence-electron chi connectivity index (χ0n) is 9.02. The van der Waals surface area contributed by atoms with Crippen LogP contribution in [0.15, 0.2) is 12.1 Å². The summed E-state index contributed by atoms with van der Waals surface area (Å²) in [7, 11) is 0. The van der Waals surface area contributed by atoms with Crippen LogP contribution in [-0.4, -0.2) is 6.04 Å². The average Bonchev–Trinajstić information content (AvgIpc) is 1.99. The van der Waals surface area contributed by atoms with Crippen molar-refractivity contribution >= 4 is 0 Å². The summed E-state index contributed by atoms with van der Waals surface area (Å²) in [6.45, 7) is 8.51. The molecule has 0 radical (unpaired) electrons. The van der Waals surface area contributed by atoms with Crippen molar-refractivity contribution in [2.24, 2.45) is 5.73 Å². The molecule has 0 aliphatic rings. The molecule has 0 unspecified atom stereocenters. The van der Waals surface area contributed by atoms with Gasteiger partial charge in [0.1, 0.15) is 0 Å². The van der Waals surface area contributed by atoms with Gasteiger partial charge in [0.05, 0.1) is 0 Å². The highest BCUT2D eigenvalue weighted by Gasteiger charge is 2.03. The van der Waals surface area contributed by atoms with Gasteiger partial charge in [-0.3, -0.25) is 0 Å². The maximum absolute atomic E-state index is 5.78. The number of rotatable bonds is 2. The second kappa shape index (κ2) is 3.93. The zero-order valence-corrected chi connectivity index (χ0v) is 9.02. The highest BCUT2D eigenvalue weighted by molar-refractivity contribution is 5.36. The molecule has 0 saturated carbocycles. The van der Waals surface area contributed by atoms with E-state index in [0.717, 1.165) is 6.42 Å². The summed E-state index contributed by atoms with van der Waals surface area (Å²) in [4.78, 5) is 0. The smallest absolute Gasteiger partial charge is 0.00510 e. The number of aryl methyl sites for hydroxylation is 3. The zero-order chi connectivity index (χ0) is 10.0. The van der Waals surface area contributed by atoms with E-state index in [4.69, 9.17) is 5.73 Å². The Morgan fingerprint density at radius 1 is 1.08 bits per heavy atom. The predicted octanol–water partition coefficient (Wildman–Crippen LogP) is 2.50. The lowest BCUT2D eigenvalue weighted by molar-refractivity contribution is 0.734. The lowest BCUT2D eigenvalue weighted by Crippen LogP contribution is -2.18. The largest absolute Gasteiger partial charge is 0.328 e. The summed E-state index contributed by atoms with van der Waals surface area (Å²) >= 11 is 0. The summed E-state index contributed by atoms with van der Waals surface area (Å²) in [5, 5.41) is 0. The van der Waals surface area contributed by atoms with Gasteiger partial charge in [0.15, 0.2) is 0 Å². The van der Waals surface area contributed by atoms with Crippen molar-refractivity contribution in [1.82, 2.24) is 0 Å². The van der Waals surface area contributed by atoms with Gasteiger partial charge >= 0.3 is 0 Å². The lowest BCUT2D eigenvalue weighted by Gasteiger charge is -2.11. The number of benzene rings is 1. The fraction of sp³-hybridized carbons (Fsp3) is 0.500. The van der Waals surface area contributed by atoms with Gasteiger partial charge in [-0.1, -0.05) is 12.1 Å². The molecule has 1 atom stereocenters. The van der Waals surface area contributed by atoms with E-state index in [1.54, 1.807) is 0 Å². The maximum atomic E-state index is 5.78. The summed E-state index contributed by atoms with van der Waals surface area (Å²) in [5.41, 5.74) is 11.3. The van der Waals surface area contributed by atoms with E-state index in [1.807, 2.05) is 0 Å². The van der Waals surface area contributed by atoms with Crippen molar-refractivity contribution in [2.45, 2.75) is 40.2 Å². The highest BCUT2D eigenvalue weighted by atomic mass is 14.6. The fourth-order valence-corrected chi connectivity index (χ4v) is 1.59. The minimum Gasteiger partial charge on any atom is -0.328 e. The Kier molecular flexibility index (Phi) is 3.10. The fourth-order valence-electron chi connectivity index (χ4n) is 1.59. The van der Waals surface area contributed by atoms with E-state index in [9.17, 15) is 0 Å². The van der Waals surface area contributed by atoms with E-state index in [0.29, 0.717) is 0 Å². The van der Waals surface area contributed by atoms with Gasteiger partial charge in [0.25, 0.3) is 0 Å². The minimum atomic E-state index is 0.251. The Balaban J connectivity index is 3.01. The van der Waals surface area contributed by atoms with E-state index < -0.39 is 0 Å². The van der Waals surface area contributed by atoms with Crippen LogP contribution >= 0.6 is 0 Å². The molecular formula is C12H19N. The molecule has 0 saturated heterocycles. The van der Waals surface area contributed by atoms with Gasteiger partial charge in [-0.2, -0.15) is 0 Å². The highest BCUT2D eigenvalue weighted by Crippen LogP contribution is 2.16. The van der Waals surface area contributed by atoms with Crippen LogP contribution in [0.1, 0.15) is 29.2 Å². The van der Waals surface area contributed by atoms with Gasteiger partial charge in [-0.05, 0) is 56.4 Å². The molecule has 72 valence electrons. The average molecular weight is 177 g/mol. The van der Waals surface area contributed by atoms with Gasteiger partial charge in [0, 0.05) is 6.04 Å². The maximum Gasteiger partial charge on any atom is 0.00510 e. The molecule has 2 N–H and O–H groups in total. The Morgan fingerprint density at radius 3 is 2.15 bits per heavy atom. The summed E-state index contributed by atoms with van der Waals surface area (Å²) in [6.07, 6.45) is 0.979. The van der Waals surface area contributed by atoms with Crippen molar-refractivity contribution in [3.63, 3.8) is 0 Å². The summed E-state index contributed by atoms with van der Waals surface area (Å²) < 4.78 is 0. The SMILES string of the molecule is Cc1cc(C)c(C[C@H](C)N)cc1C. The minimum absolute atomic E-state index is 0.251. The molecule has 1 aromatic carbocycles. The molecule has 0 amide bonds. The molecule has 0 aromatic heterocycles. The topological polar surface area (TPSA) is 26.0 Å². The quantitative estimate of drug-likeness (QED) is 0.738. The van der Waals surface area contributed by atoms with Gasteiger partial charge in [-0.15, -0.1) is 0 Å². The third-order valence-corrected chi connectivity index (χ3v) is 2.49. The Labute approximate surface area is 81.0 Å². The van der Waals surface area contributed by atoms with E-state index in [2.05, 4.69) is 39.8 Å². The van der Waals surface area contributed by atoms with E-state index in [-0.39, 0.29) is 6.04 Å². The van der Waals surface area contributed by atoms with Gasteiger partial charge in [-0.25, -0.2) is 0 Å². The summed E-state index contributed by atoms with van der Waals surface area (Å²) in [6, 6.07) is 4.75. The van der Waals surface area contributed by atoms with Crippen LogP contribution in [0.3, 0.4) is 0 Å². The molecule has 1 nitrogen and oxygen atoms in total. The van der Waals surface area contributed by atoms with Crippen LogP contribution in [0, 0.1) is 20.8 Å². The first-order valence-electron chi connectivity index (χ1n) is 4.83. The van der Waals surface area contributed by atoms with Crippen LogP contribution in [0.25, 0.3) is 0 Å². The molecular weight excluding hydrogens is 158 g/mol. The van der Waals surface area contributed by atoms with E-state index >= 15 is 0 Å². The standard InChI is InChI=1S/C12H19N/c1-8-5-10(3)12(6-9(8)2)7-11(4)13/h5-6,11H,7,13H2,1-4H3/t11-/m0/s1. The van der Waals surface area contributed by atoms with E-state index in [1.165, 1.54) is 22.3 Å². The first kappa shape index (κ1) is 10.3. The molecule has 1 rings (SSSR count). The van der Waals surface area contributed by atoms with Crippen LogP contribution in [-0.2, 0) is 6.42 Å². The molecule has 1 heteroatoms. The third kappa shape index (κ3) is 2.56. The lowest BCUT2D eigenvalue weighted by atomic mass is 9.97. The monoisotopic (exact) mass is 177 g/mol. The first-order chi connectivity index (χ1) is 6.00. The molecule has 0 heterocycles. The number of nitrogens with two attached hydrogens (primary N) is 1. The Morgan fingerprint density at radius 2 is 1.62 bits per heavy atom. The molecule has 0 aliphatic heterocycles. The van der Waals surface area contributed by atoms with Crippen molar-refractivity contribution < 1.29 is 0 Å². The van der Waals surface area contributed by atoms with Crippen LogP contribution in [0.2, 0.25) is 0 Å². The Hall–Kier alpha value is -0.820. The molecule has 1 aromatic rings. The Bertz CT molecular complexity index is 300. The second-order valence-corrected chi connectivity index (χ2v) is 4.04. The van der Waals surface area contributed by atoms with Crippen LogP contribution in [0.4, 0.5) is 0 Å². The molecule has 0 bridgehead atoms. The molecule has 0 fully saturated rings. The summed E-state index contributed by atoms with van der Waals surface area (Å²) in [5.74, 6) is 0.